The molecule has 3 aromatic carbocycles. The molecule has 1 unspecified atom stereocenters. The molecule has 1 aromatic heterocycles. The third kappa shape index (κ3) is 3.91. The minimum atomic E-state index is -0.452. The number of nitrogens with one attached hydrogen (secondary N) is 1. The van der Waals surface area contributed by atoms with Crippen molar-refractivity contribution in [3.8, 4) is 0 Å². The zero-order valence-electron chi connectivity index (χ0n) is 16.1. The molecule has 0 saturated carbocycles. The average Bonchev–Trinajstić information content (AvgIpc) is 3.10. The summed E-state index contributed by atoms with van der Waals surface area (Å²) in [5.74, 6) is -0.106. The van der Waals surface area contributed by atoms with Crippen molar-refractivity contribution in [1.29, 1.82) is 0 Å². The predicted molar refractivity (Wildman–Crippen MR) is 118 cm³/mol. The number of benzene rings is 3. The number of carbonyl (C=O) groups is 1. The monoisotopic (exact) mass is 441 g/mol. The van der Waals surface area contributed by atoms with Gasteiger partial charge in [0.25, 0.3) is 5.91 Å². The van der Waals surface area contributed by atoms with Gasteiger partial charge >= 0.3 is 0 Å². The topological polar surface area (TPSA) is 46.9 Å². The summed E-state index contributed by atoms with van der Waals surface area (Å²) in [7, 11) is 0. The van der Waals surface area contributed by atoms with E-state index in [4.69, 9.17) is 23.2 Å². The van der Waals surface area contributed by atoms with Crippen LogP contribution >= 0.6 is 23.2 Å². The lowest BCUT2D eigenvalue weighted by Gasteiger charge is -2.17. The minimum Gasteiger partial charge on any atom is -0.342 e. The third-order valence-electron chi connectivity index (χ3n) is 4.92. The Balaban J connectivity index is 1.73. The summed E-state index contributed by atoms with van der Waals surface area (Å²) in [6.45, 7) is 2.02. The van der Waals surface area contributed by atoms with Gasteiger partial charge < -0.3 is 9.88 Å². The Morgan fingerprint density at radius 1 is 1.03 bits per heavy atom. The summed E-state index contributed by atoms with van der Waals surface area (Å²) in [4.78, 5) is 17.4. The van der Waals surface area contributed by atoms with Gasteiger partial charge in [-0.25, -0.2) is 9.37 Å². The van der Waals surface area contributed by atoms with Gasteiger partial charge in [0.15, 0.2) is 0 Å². The maximum absolute atomic E-state index is 14.4. The van der Waals surface area contributed by atoms with Crippen molar-refractivity contribution in [2.24, 2.45) is 0 Å². The highest BCUT2D eigenvalue weighted by Crippen LogP contribution is 2.26. The van der Waals surface area contributed by atoms with Crippen LogP contribution in [0.3, 0.4) is 0 Å². The van der Waals surface area contributed by atoms with Crippen LogP contribution in [0, 0.1) is 5.82 Å². The van der Waals surface area contributed by atoms with E-state index in [1.165, 1.54) is 6.07 Å². The van der Waals surface area contributed by atoms with E-state index in [9.17, 15) is 9.18 Å². The van der Waals surface area contributed by atoms with E-state index in [1.807, 2.05) is 35.8 Å². The third-order valence-corrected chi connectivity index (χ3v) is 5.60. The highest BCUT2D eigenvalue weighted by Gasteiger charge is 2.21. The smallest absolute Gasteiger partial charge is 0.253 e. The summed E-state index contributed by atoms with van der Waals surface area (Å²) in [6.07, 6.45) is 0. The van der Waals surface area contributed by atoms with Crippen LogP contribution in [0.1, 0.15) is 34.7 Å². The van der Waals surface area contributed by atoms with Crippen LogP contribution in [0.5, 0.6) is 0 Å². The fraction of sp³-hybridized carbons (Fsp3) is 0.130. The van der Waals surface area contributed by atoms with Crippen molar-refractivity contribution in [2.45, 2.75) is 19.5 Å². The first-order valence-corrected chi connectivity index (χ1v) is 10.1. The van der Waals surface area contributed by atoms with Crippen LogP contribution in [0.15, 0.2) is 66.7 Å². The van der Waals surface area contributed by atoms with Gasteiger partial charge in [0.05, 0.1) is 34.2 Å². The van der Waals surface area contributed by atoms with Crippen LogP contribution in [0.2, 0.25) is 10.0 Å². The van der Waals surface area contributed by atoms with Crippen molar-refractivity contribution < 1.29 is 9.18 Å². The first kappa shape index (κ1) is 20.4. The largest absolute Gasteiger partial charge is 0.342 e. The van der Waals surface area contributed by atoms with Crippen LogP contribution in [-0.2, 0) is 6.54 Å². The lowest BCUT2D eigenvalue weighted by molar-refractivity contribution is 0.0938. The SMILES string of the molecule is CC(NC(=O)c1ccccc1Cl)c1nc2ccccc2n1Cc1c(F)cccc1Cl. The number of rotatable bonds is 5. The van der Waals surface area contributed by atoms with Gasteiger partial charge in [-0.05, 0) is 43.3 Å². The Kier molecular flexibility index (Phi) is 5.75. The zero-order chi connectivity index (χ0) is 21.3. The molecule has 4 nitrogen and oxygen atoms in total. The van der Waals surface area contributed by atoms with Gasteiger partial charge in [0.2, 0.25) is 0 Å². The summed E-state index contributed by atoms with van der Waals surface area (Å²) in [5.41, 5.74) is 2.32. The van der Waals surface area contributed by atoms with Crippen LogP contribution in [-0.4, -0.2) is 15.5 Å². The summed E-state index contributed by atoms with van der Waals surface area (Å²) in [6, 6.07) is 18.5. The summed E-state index contributed by atoms with van der Waals surface area (Å²) < 4.78 is 16.3. The van der Waals surface area contributed by atoms with Crippen molar-refractivity contribution >= 4 is 40.1 Å². The number of carbonyl (C=O) groups excluding carboxylic acids is 1. The molecule has 0 spiro atoms. The van der Waals surface area contributed by atoms with Gasteiger partial charge in [-0.15, -0.1) is 0 Å². The molecule has 0 aliphatic carbocycles. The lowest BCUT2D eigenvalue weighted by Crippen LogP contribution is -2.29. The van der Waals surface area contributed by atoms with Gasteiger partial charge in [-0.1, -0.05) is 53.5 Å². The second-order valence-electron chi connectivity index (χ2n) is 6.92. The maximum Gasteiger partial charge on any atom is 0.253 e. The van der Waals surface area contributed by atoms with Crippen LogP contribution in [0.4, 0.5) is 4.39 Å². The molecule has 1 atom stereocenters. The second kappa shape index (κ2) is 8.46. The quantitative estimate of drug-likeness (QED) is 0.411. The van der Waals surface area contributed by atoms with E-state index in [0.717, 1.165) is 11.0 Å². The molecule has 7 heteroatoms. The van der Waals surface area contributed by atoms with Gasteiger partial charge in [-0.2, -0.15) is 0 Å². The molecular formula is C23H18Cl2FN3O. The molecule has 30 heavy (non-hydrogen) atoms. The number of halogens is 3. The fourth-order valence-electron chi connectivity index (χ4n) is 3.42. The Labute approximate surface area is 183 Å². The summed E-state index contributed by atoms with van der Waals surface area (Å²) >= 11 is 12.4. The molecule has 0 bridgehead atoms. The zero-order valence-corrected chi connectivity index (χ0v) is 17.6. The Morgan fingerprint density at radius 2 is 1.73 bits per heavy atom. The first-order chi connectivity index (χ1) is 14.5. The molecule has 1 amide bonds. The number of hydrogen-bond acceptors (Lipinski definition) is 2. The second-order valence-corrected chi connectivity index (χ2v) is 7.73. The van der Waals surface area contributed by atoms with E-state index in [0.29, 0.717) is 27.0 Å². The molecule has 152 valence electrons. The number of imidazole rings is 1. The Morgan fingerprint density at radius 3 is 2.50 bits per heavy atom. The van der Waals surface area contributed by atoms with Gasteiger partial charge in [0.1, 0.15) is 11.6 Å². The molecule has 4 aromatic rings. The number of aromatic nitrogens is 2. The van der Waals surface area contributed by atoms with E-state index < -0.39 is 6.04 Å². The number of amides is 1. The molecule has 4 rings (SSSR count). The normalized spacial score (nSPS) is 12.1. The molecule has 0 aliphatic rings. The lowest BCUT2D eigenvalue weighted by atomic mass is 10.2. The van der Waals surface area contributed by atoms with E-state index in [2.05, 4.69) is 10.3 Å². The van der Waals surface area contributed by atoms with E-state index in [-0.39, 0.29) is 18.3 Å². The molecule has 0 radical (unpaired) electrons. The van der Waals surface area contributed by atoms with E-state index in [1.54, 1.807) is 36.4 Å². The minimum absolute atomic E-state index is 0.188. The fourth-order valence-corrected chi connectivity index (χ4v) is 3.86. The van der Waals surface area contributed by atoms with Gasteiger partial charge in [0, 0.05) is 10.6 Å². The summed E-state index contributed by atoms with van der Waals surface area (Å²) in [5, 5.41) is 3.64. The van der Waals surface area contributed by atoms with Crippen molar-refractivity contribution in [3.63, 3.8) is 0 Å². The first-order valence-electron chi connectivity index (χ1n) is 9.39. The number of para-hydroxylation sites is 2. The number of fused-ring (bicyclic) bond motifs is 1. The van der Waals surface area contributed by atoms with Crippen LogP contribution < -0.4 is 5.32 Å². The Hall–Kier alpha value is -2.89. The van der Waals surface area contributed by atoms with Crippen LogP contribution in [0.25, 0.3) is 11.0 Å². The molecule has 1 heterocycles. The maximum atomic E-state index is 14.4. The van der Waals surface area contributed by atoms with E-state index >= 15 is 0 Å². The highest BCUT2D eigenvalue weighted by atomic mass is 35.5. The Bertz CT molecular complexity index is 1220. The standard InChI is InChI=1S/C23H18Cl2FN3O/c1-14(27-23(30)15-7-2-3-8-17(15)24)22-28-20-11-4-5-12-21(20)29(22)13-16-18(25)9-6-10-19(16)26/h2-12,14H,13H2,1H3,(H,27,30). The predicted octanol–water partition coefficient (Wildman–Crippen LogP) is 6.02. The van der Waals surface area contributed by atoms with Crippen molar-refractivity contribution in [2.75, 3.05) is 0 Å². The molecule has 1 N–H and O–H groups in total. The number of hydrogen-bond donors (Lipinski definition) is 1. The molecule has 0 aliphatic heterocycles. The molecular weight excluding hydrogens is 424 g/mol. The average molecular weight is 442 g/mol. The van der Waals surface area contributed by atoms with Crippen molar-refractivity contribution in [1.82, 2.24) is 14.9 Å². The molecule has 0 fully saturated rings. The number of nitrogens with zero attached hydrogens (tertiary/aromatic N) is 2. The van der Waals surface area contributed by atoms with Crippen molar-refractivity contribution in [3.05, 3.63) is 99.5 Å². The highest BCUT2D eigenvalue weighted by molar-refractivity contribution is 6.33. The molecule has 0 saturated heterocycles. The van der Waals surface area contributed by atoms with Gasteiger partial charge in [-0.3, -0.25) is 4.79 Å².